The molecule has 6 nitrogen and oxygen atoms in total. The molecule has 0 spiro atoms. The number of anilines is 1. The normalized spacial score (nSPS) is 16.0. The molecule has 0 unspecified atom stereocenters. The number of primary amides is 1. The summed E-state index contributed by atoms with van der Waals surface area (Å²) in [6, 6.07) is 23.9. The van der Waals surface area contributed by atoms with Crippen molar-refractivity contribution in [1.82, 2.24) is 0 Å². The van der Waals surface area contributed by atoms with Crippen molar-refractivity contribution < 1.29 is 14.3 Å². The molecule has 2 N–H and O–H groups in total. The van der Waals surface area contributed by atoms with Crippen LogP contribution in [0, 0.1) is 0 Å². The van der Waals surface area contributed by atoms with Gasteiger partial charge in [0.15, 0.2) is 11.8 Å². The van der Waals surface area contributed by atoms with E-state index in [-0.39, 0.29) is 12.5 Å². The molecule has 0 bridgehead atoms. The van der Waals surface area contributed by atoms with Crippen LogP contribution in [0.25, 0.3) is 6.08 Å². The van der Waals surface area contributed by atoms with Gasteiger partial charge in [0.25, 0.3) is 11.8 Å². The van der Waals surface area contributed by atoms with E-state index in [0.29, 0.717) is 26.4 Å². The van der Waals surface area contributed by atoms with Gasteiger partial charge in [-0.05, 0) is 59.8 Å². The van der Waals surface area contributed by atoms with Crippen molar-refractivity contribution in [1.29, 1.82) is 0 Å². The topological polar surface area (TPSA) is 85.0 Å². The largest absolute Gasteiger partial charge is 0.482 e. The molecule has 1 saturated heterocycles. The van der Waals surface area contributed by atoms with Gasteiger partial charge >= 0.3 is 0 Å². The molecule has 0 aromatic heterocycles. The van der Waals surface area contributed by atoms with Crippen LogP contribution in [-0.4, -0.2) is 23.6 Å². The van der Waals surface area contributed by atoms with Crippen molar-refractivity contribution >= 4 is 57.8 Å². The summed E-state index contributed by atoms with van der Waals surface area (Å²) in [5, 5.41) is 0.875. The number of nitrogens with zero attached hydrogens (tertiary/aromatic N) is 2. The van der Waals surface area contributed by atoms with E-state index in [2.05, 4.69) is 4.99 Å². The molecular formula is C24H18ClN3O3S. The SMILES string of the molecule is NC(=O)COc1ccc(/C=C2\SC(=Nc3ccccc3)N(c3ccccc3)C2=O)cc1Cl. The number of amides is 2. The first kappa shape index (κ1) is 21.7. The van der Waals surface area contributed by atoms with Gasteiger partial charge in [0.1, 0.15) is 5.75 Å². The molecule has 2 amide bonds. The van der Waals surface area contributed by atoms with Crippen molar-refractivity contribution in [3.63, 3.8) is 0 Å². The van der Waals surface area contributed by atoms with Crippen molar-refractivity contribution in [2.24, 2.45) is 10.7 Å². The maximum atomic E-state index is 13.3. The molecule has 1 heterocycles. The molecule has 0 atom stereocenters. The standard InChI is InChI=1S/C24H18ClN3O3S/c25-19-13-16(11-12-20(19)31-15-22(26)29)14-21-23(30)28(18-9-5-2-6-10-18)24(32-21)27-17-7-3-1-4-8-17/h1-14H,15H2,(H2,26,29)/b21-14-,27-24?. The molecule has 3 aromatic carbocycles. The van der Waals surface area contributed by atoms with Crippen LogP contribution in [0.3, 0.4) is 0 Å². The molecule has 3 aromatic rings. The minimum Gasteiger partial charge on any atom is -0.482 e. The van der Waals surface area contributed by atoms with Gasteiger partial charge in [-0.15, -0.1) is 0 Å². The lowest BCUT2D eigenvalue weighted by molar-refractivity contribution is -0.120. The summed E-state index contributed by atoms with van der Waals surface area (Å²) in [5.41, 5.74) is 7.30. The van der Waals surface area contributed by atoms with Crippen LogP contribution >= 0.6 is 23.4 Å². The lowest BCUT2D eigenvalue weighted by atomic mass is 10.2. The summed E-state index contributed by atoms with van der Waals surface area (Å²) in [6.45, 7) is -0.264. The Hall–Kier alpha value is -3.55. The molecule has 0 saturated carbocycles. The Bertz CT molecular complexity index is 1210. The molecule has 0 aliphatic carbocycles. The minimum atomic E-state index is -0.591. The molecular weight excluding hydrogens is 446 g/mol. The molecule has 1 aliphatic heterocycles. The van der Waals surface area contributed by atoms with E-state index in [4.69, 9.17) is 22.1 Å². The van der Waals surface area contributed by atoms with Gasteiger partial charge in [0.05, 0.1) is 21.3 Å². The maximum absolute atomic E-state index is 13.3. The van der Waals surface area contributed by atoms with Crippen LogP contribution in [0.4, 0.5) is 11.4 Å². The van der Waals surface area contributed by atoms with Gasteiger partial charge in [-0.3, -0.25) is 14.5 Å². The quantitative estimate of drug-likeness (QED) is 0.520. The highest BCUT2D eigenvalue weighted by atomic mass is 35.5. The number of ether oxygens (including phenoxy) is 1. The second kappa shape index (κ2) is 9.72. The van der Waals surface area contributed by atoms with Gasteiger partial charge in [-0.25, -0.2) is 4.99 Å². The monoisotopic (exact) mass is 463 g/mol. The molecule has 1 fully saturated rings. The van der Waals surface area contributed by atoms with Crippen LogP contribution in [-0.2, 0) is 9.59 Å². The van der Waals surface area contributed by atoms with E-state index in [0.717, 1.165) is 11.4 Å². The van der Waals surface area contributed by atoms with Gasteiger partial charge in [0.2, 0.25) is 0 Å². The lowest BCUT2D eigenvalue weighted by Crippen LogP contribution is -2.28. The van der Waals surface area contributed by atoms with Crippen molar-refractivity contribution in [3.8, 4) is 5.75 Å². The van der Waals surface area contributed by atoms with E-state index < -0.39 is 5.91 Å². The molecule has 8 heteroatoms. The minimum absolute atomic E-state index is 0.180. The zero-order valence-corrected chi connectivity index (χ0v) is 18.3. The first-order valence-corrected chi connectivity index (χ1v) is 10.8. The summed E-state index contributed by atoms with van der Waals surface area (Å²) < 4.78 is 5.28. The predicted octanol–water partition coefficient (Wildman–Crippen LogP) is 5.01. The molecule has 32 heavy (non-hydrogen) atoms. The summed E-state index contributed by atoms with van der Waals surface area (Å²) in [4.78, 5) is 31.0. The van der Waals surface area contributed by atoms with Crippen LogP contribution in [0.2, 0.25) is 5.02 Å². The van der Waals surface area contributed by atoms with Crippen LogP contribution in [0.5, 0.6) is 5.75 Å². The van der Waals surface area contributed by atoms with Crippen molar-refractivity contribution in [2.75, 3.05) is 11.5 Å². The fraction of sp³-hybridized carbons (Fsp3) is 0.0417. The Morgan fingerprint density at radius 3 is 2.41 bits per heavy atom. The van der Waals surface area contributed by atoms with E-state index in [1.807, 2.05) is 60.7 Å². The average molecular weight is 464 g/mol. The Kier molecular flexibility index (Phi) is 6.58. The summed E-state index contributed by atoms with van der Waals surface area (Å²) >= 11 is 7.55. The molecule has 4 rings (SSSR count). The Morgan fingerprint density at radius 2 is 1.75 bits per heavy atom. The highest BCUT2D eigenvalue weighted by Gasteiger charge is 2.34. The number of rotatable bonds is 6. The number of para-hydroxylation sites is 2. The lowest BCUT2D eigenvalue weighted by Gasteiger charge is -2.15. The fourth-order valence-electron chi connectivity index (χ4n) is 2.99. The Morgan fingerprint density at radius 1 is 1.06 bits per heavy atom. The van der Waals surface area contributed by atoms with Crippen molar-refractivity contribution in [3.05, 3.63) is 94.4 Å². The summed E-state index contributed by atoms with van der Waals surface area (Å²) in [7, 11) is 0. The third-order valence-corrected chi connectivity index (χ3v) is 5.69. The number of hydrogen-bond acceptors (Lipinski definition) is 5. The maximum Gasteiger partial charge on any atom is 0.271 e. The Balaban J connectivity index is 1.67. The van der Waals surface area contributed by atoms with E-state index >= 15 is 0 Å². The third kappa shape index (κ3) is 5.01. The molecule has 0 radical (unpaired) electrons. The average Bonchev–Trinajstić information content (AvgIpc) is 3.08. The first-order valence-electron chi connectivity index (χ1n) is 9.65. The van der Waals surface area contributed by atoms with Crippen LogP contribution in [0.1, 0.15) is 5.56 Å². The van der Waals surface area contributed by atoms with Crippen LogP contribution < -0.4 is 15.4 Å². The van der Waals surface area contributed by atoms with Gasteiger partial charge in [0, 0.05) is 0 Å². The molecule has 1 aliphatic rings. The van der Waals surface area contributed by atoms with Crippen LogP contribution in [0.15, 0.2) is 88.8 Å². The number of aliphatic imine (C=N–C) groups is 1. The van der Waals surface area contributed by atoms with Gasteiger partial charge in [-0.1, -0.05) is 54.1 Å². The Labute approximate surface area is 194 Å². The number of amidine groups is 1. The number of nitrogens with two attached hydrogens (primary N) is 1. The number of thioether (sulfide) groups is 1. The second-order valence-corrected chi connectivity index (χ2v) is 8.18. The summed E-state index contributed by atoms with van der Waals surface area (Å²) in [6.07, 6.45) is 1.75. The van der Waals surface area contributed by atoms with E-state index in [9.17, 15) is 9.59 Å². The van der Waals surface area contributed by atoms with Crippen molar-refractivity contribution in [2.45, 2.75) is 0 Å². The van der Waals surface area contributed by atoms with E-state index in [1.54, 1.807) is 29.2 Å². The number of benzene rings is 3. The zero-order chi connectivity index (χ0) is 22.5. The first-order chi connectivity index (χ1) is 15.5. The predicted molar refractivity (Wildman–Crippen MR) is 129 cm³/mol. The van der Waals surface area contributed by atoms with E-state index in [1.165, 1.54) is 11.8 Å². The number of halogens is 1. The van der Waals surface area contributed by atoms with Gasteiger partial charge in [-0.2, -0.15) is 0 Å². The fourth-order valence-corrected chi connectivity index (χ4v) is 4.24. The molecule has 160 valence electrons. The van der Waals surface area contributed by atoms with Gasteiger partial charge < -0.3 is 10.5 Å². The number of carbonyl (C=O) groups is 2. The summed E-state index contributed by atoms with van der Waals surface area (Å²) in [5.74, 6) is -0.428. The second-order valence-electron chi connectivity index (χ2n) is 6.76. The third-order valence-electron chi connectivity index (χ3n) is 4.43. The number of carbonyl (C=O) groups excluding carboxylic acids is 2. The highest BCUT2D eigenvalue weighted by molar-refractivity contribution is 8.19. The zero-order valence-electron chi connectivity index (χ0n) is 16.8. The number of hydrogen-bond donors (Lipinski definition) is 1. The smallest absolute Gasteiger partial charge is 0.271 e. The highest BCUT2D eigenvalue weighted by Crippen LogP contribution is 2.38.